The predicted octanol–water partition coefficient (Wildman–Crippen LogP) is 3.46. The predicted molar refractivity (Wildman–Crippen MR) is 89.8 cm³/mol. The van der Waals surface area contributed by atoms with Crippen LogP contribution < -0.4 is 0 Å². The maximum atomic E-state index is 13.3. The molecule has 0 N–H and O–H groups in total. The van der Waals surface area contributed by atoms with Crippen molar-refractivity contribution < 1.29 is 26.8 Å². The van der Waals surface area contributed by atoms with Gasteiger partial charge in [-0.15, -0.1) is 0 Å². The lowest BCUT2D eigenvalue weighted by atomic mass is 9.92. The molecule has 3 rings (SSSR count). The maximum Gasteiger partial charge on any atom is 0.278 e. The van der Waals surface area contributed by atoms with Gasteiger partial charge in [0, 0.05) is 17.9 Å². The number of carbonyl (C=O) groups excluding carboxylic acids is 1. The first kappa shape index (κ1) is 17.4. The molecule has 7 heteroatoms. The molecule has 1 aliphatic heterocycles. The van der Waals surface area contributed by atoms with E-state index in [0.29, 0.717) is 12.0 Å². The fourth-order valence-corrected chi connectivity index (χ4v) is 3.28. The van der Waals surface area contributed by atoms with Gasteiger partial charge in [0.15, 0.2) is 15.4 Å². The molecule has 0 amide bonds. The van der Waals surface area contributed by atoms with E-state index in [2.05, 4.69) is 0 Å². The van der Waals surface area contributed by atoms with Crippen LogP contribution in [0.3, 0.4) is 0 Å². The number of rotatable bonds is 4. The SMILES string of the molecule is CCC1(C)OC(c2ccc(S(C)(=O)=O)cc2)=C(c2ccc(F)o2)C1=O. The summed E-state index contributed by atoms with van der Waals surface area (Å²) in [6.45, 7) is 3.47. The summed E-state index contributed by atoms with van der Waals surface area (Å²) in [7, 11) is -3.34. The van der Waals surface area contributed by atoms with Gasteiger partial charge < -0.3 is 9.15 Å². The van der Waals surface area contributed by atoms with Gasteiger partial charge in [-0.3, -0.25) is 4.79 Å². The van der Waals surface area contributed by atoms with Crippen molar-refractivity contribution in [2.45, 2.75) is 30.8 Å². The summed E-state index contributed by atoms with van der Waals surface area (Å²) in [4.78, 5) is 13.0. The van der Waals surface area contributed by atoms with E-state index in [1.54, 1.807) is 19.1 Å². The van der Waals surface area contributed by atoms with Crippen molar-refractivity contribution in [2.75, 3.05) is 6.26 Å². The summed E-state index contributed by atoms with van der Waals surface area (Å²) < 4.78 is 47.4. The highest BCUT2D eigenvalue weighted by Crippen LogP contribution is 2.43. The van der Waals surface area contributed by atoms with Crippen LogP contribution in [0.1, 0.15) is 31.6 Å². The Hall–Kier alpha value is -2.41. The topological polar surface area (TPSA) is 73.6 Å². The van der Waals surface area contributed by atoms with E-state index < -0.39 is 21.5 Å². The lowest BCUT2D eigenvalue weighted by molar-refractivity contribution is -0.126. The van der Waals surface area contributed by atoms with Gasteiger partial charge in [0.25, 0.3) is 6.01 Å². The Balaban J connectivity index is 2.15. The molecule has 1 aromatic heterocycles. The summed E-state index contributed by atoms with van der Waals surface area (Å²) in [5, 5.41) is 0. The van der Waals surface area contributed by atoms with Crippen LogP contribution in [0.15, 0.2) is 45.7 Å². The molecule has 1 atom stereocenters. The minimum atomic E-state index is -3.34. The Kier molecular flexibility index (Phi) is 4.07. The molecule has 0 fully saturated rings. The standard InChI is InChI=1S/C18H17FO5S/c1-4-18(2)17(20)15(13-9-10-14(19)23-13)16(24-18)11-5-7-12(8-6-11)25(3,21)22/h5-10H,4H2,1-3H3. The van der Waals surface area contributed by atoms with E-state index in [1.165, 1.54) is 18.2 Å². The average Bonchev–Trinajstić information content (AvgIpc) is 3.09. The molecule has 0 saturated carbocycles. The van der Waals surface area contributed by atoms with E-state index >= 15 is 0 Å². The maximum absolute atomic E-state index is 13.3. The highest BCUT2D eigenvalue weighted by atomic mass is 32.2. The Morgan fingerprint density at radius 1 is 1.12 bits per heavy atom. The van der Waals surface area contributed by atoms with Crippen molar-refractivity contribution in [1.29, 1.82) is 0 Å². The van der Waals surface area contributed by atoms with E-state index in [-0.39, 0.29) is 27.8 Å². The Morgan fingerprint density at radius 3 is 2.24 bits per heavy atom. The van der Waals surface area contributed by atoms with Crippen molar-refractivity contribution >= 4 is 27.0 Å². The lowest BCUT2D eigenvalue weighted by Crippen LogP contribution is -2.32. The molecule has 132 valence electrons. The third kappa shape index (κ3) is 3.00. The highest BCUT2D eigenvalue weighted by Gasteiger charge is 2.46. The molecule has 5 nitrogen and oxygen atoms in total. The molecule has 25 heavy (non-hydrogen) atoms. The second-order valence-electron chi connectivity index (χ2n) is 6.12. The van der Waals surface area contributed by atoms with Gasteiger partial charge in [-0.25, -0.2) is 8.42 Å². The Labute approximate surface area is 145 Å². The van der Waals surface area contributed by atoms with Crippen LogP contribution in [0.5, 0.6) is 0 Å². The molecule has 0 spiro atoms. The molecule has 2 heterocycles. The summed E-state index contributed by atoms with van der Waals surface area (Å²) in [5.41, 5.74) is -0.409. The van der Waals surface area contributed by atoms with E-state index in [4.69, 9.17) is 9.15 Å². The second-order valence-corrected chi connectivity index (χ2v) is 8.14. The zero-order valence-corrected chi connectivity index (χ0v) is 14.8. The quantitative estimate of drug-likeness (QED) is 0.831. The number of benzene rings is 1. The summed E-state index contributed by atoms with van der Waals surface area (Å²) in [5.74, 6) is 0.0390. The van der Waals surface area contributed by atoms with Crippen molar-refractivity contribution in [1.82, 2.24) is 0 Å². The summed E-state index contributed by atoms with van der Waals surface area (Å²) in [6.07, 6.45) is 1.53. The molecule has 0 aliphatic carbocycles. The van der Waals surface area contributed by atoms with Crippen LogP contribution in [0.25, 0.3) is 11.3 Å². The molecule has 1 unspecified atom stereocenters. The molecule has 1 aromatic carbocycles. The number of sulfone groups is 1. The molecule has 2 aromatic rings. The van der Waals surface area contributed by atoms with E-state index in [9.17, 15) is 17.6 Å². The minimum absolute atomic E-state index is 0.0851. The normalized spacial score (nSPS) is 20.9. The lowest BCUT2D eigenvalue weighted by Gasteiger charge is -2.21. The molecule has 0 bridgehead atoms. The number of hydrogen-bond donors (Lipinski definition) is 0. The summed E-state index contributed by atoms with van der Waals surface area (Å²) >= 11 is 0. The van der Waals surface area contributed by atoms with Crippen LogP contribution >= 0.6 is 0 Å². The van der Waals surface area contributed by atoms with Gasteiger partial charge in [0.2, 0.25) is 5.78 Å². The molecular weight excluding hydrogens is 347 g/mol. The van der Waals surface area contributed by atoms with Crippen molar-refractivity contribution in [3.8, 4) is 0 Å². The number of furan rings is 1. The Morgan fingerprint density at radius 2 is 1.76 bits per heavy atom. The molecule has 0 saturated heterocycles. The number of halogens is 1. The van der Waals surface area contributed by atoms with Gasteiger partial charge in [-0.1, -0.05) is 6.92 Å². The third-order valence-electron chi connectivity index (χ3n) is 4.30. The van der Waals surface area contributed by atoms with Crippen LogP contribution in [0.2, 0.25) is 0 Å². The zero-order chi connectivity index (χ0) is 18.4. The zero-order valence-electron chi connectivity index (χ0n) is 14.0. The smallest absolute Gasteiger partial charge is 0.278 e. The first-order valence-electron chi connectivity index (χ1n) is 7.70. The minimum Gasteiger partial charge on any atom is -0.478 e. The molecule has 0 radical (unpaired) electrons. The fraction of sp³-hybridized carbons (Fsp3) is 0.278. The van der Waals surface area contributed by atoms with Gasteiger partial charge in [0.1, 0.15) is 17.1 Å². The average molecular weight is 364 g/mol. The van der Waals surface area contributed by atoms with Crippen LogP contribution in [-0.2, 0) is 19.4 Å². The number of hydrogen-bond acceptors (Lipinski definition) is 5. The number of Topliss-reactive ketones (excluding diaryl/α,β-unsaturated/α-hetero) is 1. The van der Waals surface area contributed by atoms with Crippen molar-refractivity contribution in [3.05, 3.63) is 53.7 Å². The number of ether oxygens (including phenoxy) is 1. The van der Waals surface area contributed by atoms with Gasteiger partial charge in [-0.05, 0) is 43.7 Å². The summed E-state index contributed by atoms with van der Waals surface area (Å²) in [6, 6.07) is 7.69. The van der Waals surface area contributed by atoms with Crippen LogP contribution in [0, 0.1) is 6.01 Å². The molecular formula is C18H17FO5S. The first-order valence-corrected chi connectivity index (χ1v) is 9.59. The second kappa shape index (κ2) is 5.84. The first-order chi connectivity index (χ1) is 11.7. The number of ketones is 1. The van der Waals surface area contributed by atoms with Crippen molar-refractivity contribution in [3.63, 3.8) is 0 Å². The molecule has 1 aliphatic rings. The third-order valence-corrected chi connectivity index (χ3v) is 5.43. The van der Waals surface area contributed by atoms with Gasteiger partial charge >= 0.3 is 0 Å². The largest absolute Gasteiger partial charge is 0.478 e. The fourth-order valence-electron chi connectivity index (χ4n) is 2.65. The van der Waals surface area contributed by atoms with Gasteiger partial charge in [0.05, 0.1) is 4.90 Å². The van der Waals surface area contributed by atoms with E-state index in [1.807, 2.05) is 6.92 Å². The van der Waals surface area contributed by atoms with Crippen LogP contribution in [0.4, 0.5) is 4.39 Å². The Bertz CT molecular complexity index is 969. The number of carbonyl (C=O) groups is 1. The van der Waals surface area contributed by atoms with Crippen LogP contribution in [-0.4, -0.2) is 26.1 Å². The monoisotopic (exact) mass is 364 g/mol. The van der Waals surface area contributed by atoms with Crippen molar-refractivity contribution in [2.24, 2.45) is 0 Å². The van der Waals surface area contributed by atoms with E-state index in [0.717, 1.165) is 12.3 Å². The van der Waals surface area contributed by atoms with Gasteiger partial charge in [-0.2, -0.15) is 4.39 Å². The highest BCUT2D eigenvalue weighted by molar-refractivity contribution is 7.90.